The molecule has 0 spiro atoms. The van der Waals surface area contributed by atoms with Crippen LogP contribution in [0.1, 0.15) is 44.0 Å². The van der Waals surface area contributed by atoms with Crippen LogP contribution in [0.25, 0.3) is 0 Å². The van der Waals surface area contributed by atoms with Crippen molar-refractivity contribution in [2.24, 2.45) is 5.92 Å². The smallest absolute Gasteiger partial charge is 0.122 e. The summed E-state index contributed by atoms with van der Waals surface area (Å²) in [6.07, 6.45) is 0.943. The topological polar surface area (TPSA) is 45.6 Å². The summed E-state index contributed by atoms with van der Waals surface area (Å²) in [5.74, 6) is 0.417. The summed E-state index contributed by atoms with van der Waals surface area (Å²) in [6.45, 7) is 9.51. The highest BCUT2D eigenvalue weighted by Crippen LogP contribution is 2.23. The minimum absolute atomic E-state index is 0.0794. The van der Waals surface area contributed by atoms with E-state index in [1.807, 2.05) is 13.8 Å². The number of β-amino-alcohol motifs (C(OH)–C–C–N with tert-alkyl or cyclic N) is 1. The number of rotatable bonds is 5. The number of aliphatic hydroxyl groups excluding tert-OH is 1. The Hall–Kier alpha value is -0.490. The van der Waals surface area contributed by atoms with E-state index in [4.69, 9.17) is 4.74 Å². The van der Waals surface area contributed by atoms with Crippen molar-refractivity contribution in [3.8, 4) is 0 Å². The molecule has 1 fully saturated rings. The molecule has 2 heterocycles. The fraction of sp³-hybridized carbons (Fsp3) is 0.786. The van der Waals surface area contributed by atoms with Gasteiger partial charge < -0.3 is 9.84 Å². The summed E-state index contributed by atoms with van der Waals surface area (Å²) < 4.78 is 5.56. The number of nitrogens with zero attached hydrogens (tertiary/aromatic N) is 2. The van der Waals surface area contributed by atoms with Gasteiger partial charge in [-0.25, -0.2) is 4.98 Å². The lowest BCUT2D eigenvalue weighted by atomic mass is 9.96. The number of ether oxygens (including phenoxy) is 1. The highest BCUT2D eigenvalue weighted by Gasteiger charge is 2.24. The van der Waals surface area contributed by atoms with Gasteiger partial charge in [-0.05, 0) is 32.7 Å². The SMILES string of the molecule is CCOC(C)c1nc(CN2CCC(C)C(O)C2)cs1. The molecule has 1 aromatic heterocycles. The molecular weight excluding hydrogens is 260 g/mol. The minimum atomic E-state index is -0.200. The second-order valence-electron chi connectivity index (χ2n) is 5.34. The third kappa shape index (κ3) is 3.99. The molecule has 3 atom stereocenters. The number of thiazole rings is 1. The zero-order valence-electron chi connectivity index (χ0n) is 12.0. The maximum atomic E-state index is 9.91. The van der Waals surface area contributed by atoms with Gasteiger partial charge in [0.25, 0.3) is 0 Å². The van der Waals surface area contributed by atoms with E-state index in [0.29, 0.717) is 12.5 Å². The fourth-order valence-corrected chi connectivity index (χ4v) is 3.20. The molecule has 0 bridgehead atoms. The summed E-state index contributed by atoms with van der Waals surface area (Å²) in [5.41, 5.74) is 1.09. The summed E-state index contributed by atoms with van der Waals surface area (Å²) in [4.78, 5) is 6.92. The minimum Gasteiger partial charge on any atom is -0.392 e. The van der Waals surface area contributed by atoms with Crippen molar-refractivity contribution in [3.63, 3.8) is 0 Å². The molecule has 4 nitrogen and oxygen atoms in total. The maximum Gasteiger partial charge on any atom is 0.122 e. The van der Waals surface area contributed by atoms with E-state index in [2.05, 4.69) is 22.2 Å². The lowest BCUT2D eigenvalue weighted by Crippen LogP contribution is -2.42. The third-order valence-electron chi connectivity index (χ3n) is 3.72. The van der Waals surface area contributed by atoms with Crippen molar-refractivity contribution in [2.75, 3.05) is 19.7 Å². The predicted molar refractivity (Wildman–Crippen MR) is 77.2 cm³/mol. The van der Waals surface area contributed by atoms with Crippen molar-refractivity contribution in [3.05, 3.63) is 16.1 Å². The molecule has 1 aromatic rings. The number of aromatic nitrogens is 1. The number of piperidine rings is 1. The quantitative estimate of drug-likeness (QED) is 0.902. The van der Waals surface area contributed by atoms with E-state index in [0.717, 1.165) is 36.8 Å². The van der Waals surface area contributed by atoms with Crippen LogP contribution in [0.5, 0.6) is 0 Å². The van der Waals surface area contributed by atoms with Gasteiger partial charge in [-0.15, -0.1) is 11.3 Å². The Bertz CT molecular complexity index is 397. The first kappa shape index (κ1) is 14.9. The first-order valence-electron chi connectivity index (χ1n) is 7.06. The van der Waals surface area contributed by atoms with Crippen molar-refractivity contribution >= 4 is 11.3 Å². The third-order valence-corrected chi connectivity index (χ3v) is 4.78. The van der Waals surface area contributed by atoms with Gasteiger partial charge in [-0.3, -0.25) is 4.90 Å². The summed E-state index contributed by atoms with van der Waals surface area (Å²) in [7, 11) is 0. The normalized spacial score (nSPS) is 26.5. The summed E-state index contributed by atoms with van der Waals surface area (Å²) in [5, 5.41) is 13.1. The van der Waals surface area contributed by atoms with Gasteiger partial charge >= 0.3 is 0 Å². The van der Waals surface area contributed by atoms with Crippen LogP contribution >= 0.6 is 11.3 Å². The van der Waals surface area contributed by atoms with Crippen molar-refractivity contribution in [2.45, 2.75) is 45.9 Å². The highest BCUT2D eigenvalue weighted by molar-refractivity contribution is 7.09. The van der Waals surface area contributed by atoms with Crippen LogP contribution in [0.3, 0.4) is 0 Å². The molecule has 5 heteroatoms. The molecule has 0 radical (unpaired) electrons. The first-order chi connectivity index (χ1) is 9.10. The van der Waals surface area contributed by atoms with Crippen LogP contribution in [0.4, 0.5) is 0 Å². The number of hydrogen-bond acceptors (Lipinski definition) is 5. The van der Waals surface area contributed by atoms with E-state index in [9.17, 15) is 5.11 Å². The molecule has 3 unspecified atom stereocenters. The summed E-state index contributed by atoms with van der Waals surface area (Å²) >= 11 is 1.66. The Labute approximate surface area is 119 Å². The molecule has 2 rings (SSSR count). The number of aliphatic hydroxyl groups is 1. The van der Waals surface area contributed by atoms with Gasteiger partial charge in [0, 0.05) is 25.1 Å². The van der Waals surface area contributed by atoms with Crippen LogP contribution in [0.2, 0.25) is 0 Å². The van der Waals surface area contributed by atoms with E-state index >= 15 is 0 Å². The van der Waals surface area contributed by atoms with Crippen LogP contribution < -0.4 is 0 Å². The predicted octanol–water partition coefficient (Wildman–Crippen LogP) is 2.44. The second-order valence-corrected chi connectivity index (χ2v) is 6.23. The monoisotopic (exact) mass is 284 g/mol. The molecule has 108 valence electrons. The highest BCUT2D eigenvalue weighted by atomic mass is 32.1. The Kier molecular flexibility index (Phi) is 5.33. The molecule has 19 heavy (non-hydrogen) atoms. The van der Waals surface area contributed by atoms with Gasteiger partial charge in [0.05, 0.1) is 11.8 Å². The van der Waals surface area contributed by atoms with Crippen molar-refractivity contribution < 1.29 is 9.84 Å². The van der Waals surface area contributed by atoms with Gasteiger partial charge in [-0.2, -0.15) is 0 Å². The molecule has 1 aliphatic heterocycles. The van der Waals surface area contributed by atoms with Crippen LogP contribution in [0, 0.1) is 5.92 Å². The molecule has 1 saturated heterocycles. The molecule has 0 aliphatic carbocycles. The molecule has 0 saturated carbocycles. The van der Waals surface area contributed by atoms with Gasteiger partial charge in [-0.1, -0.05) is 6.92 Å². The molecule has 0 amide bonds. The fourth-order valence-electron chi connectivity index (χ4n) is 2.39. The Morgan fingerprint density at radius 1 is 1.63 bits per heavy atom. The first-order valence-corrected chi connectivity index (χ1v) is 7.94. The van der Waals surface area contributed by atoms with Crippen LogP contribution in [-0.4, -0.2) is 40.8 Å². The zero-order chi connectivity index (χ0) is 13.8. The van der Waals surface area contributed by atoms with Crippen LogP contribution in [0.15, 0.2) is 5.38 Å². The van der Waals surface area contributed by atoms with E-state index in [1.54, 1.807) is 11.3 Å². The number of likely N-dealkylation sites (tertiary alicyclic amines) is 1. The molecule has 1 N–H and O–H groups in total. The lowest BCUT2D eigenvalue weighted by molar-refractivity contribution is 0.0253. The van der Waals surface area contributed by atoms with Gasteiger partial charge in [0.2, 0.25) is 0 Å². The second kappa shape index (κ2) is 6.79. The Balaban J connectivity index is 1.89. The van der Waals surface area contributed by atoms with Crippen molar-refractivity contribution in [1.29, 1.82) is 0 Å². The maximum absolute atomic E-state index is 9.91. The molecule has 1 aliphatic rings. The lowest BCUT2D eigenvalue weighted by Gasteiger charge is -2.33. The largest absolute Gasteiger partial charge is 0.392 e. The average Bonchev–Trinajstić information content (AvgIpc) is 2.83. The summed E-state index contributed by atoms with van der Waals surface area (Å²) in [6, 6.07) is 0. The zero-order valence-corrected chi connectivity index (χ0v) is 12.8. The van der Waals surface area contributed by atoms with Crippen LogP contribution in [-0.2, 0) is 11.3 Å². The average molecular weight is 284 g/mol. The van der Waals surface area contributed by atoms with Gasteiger partial charge in [0.1, 0.15) is 11.1 Å². The van der Waals surface area contributed by atoms with E-state index in [1.165, 1.54) is 0 Å². The standard InChI is InChI=1S/C14H24N2O2S/c1-4-18-11(3)14-15-12(9-19-14)7-16-6-5-10(2)13(17)8-16/h9-11,13,17H,4-8H2,1-3H3. The number of hydrogen-bond donors (Lipinski definition) is 1. The molecular formula is C14H24N2O2S. The Morgan fingerprint density at radius 2 is 2.42 bits per heavy atom. The Morgan fingerprint density at radius 3 is 3.11 bits per heavy atom. The van der Waals surface area contributed by atoms with E-state index in [-0.39, 0.29) is 12.2 Å². The molecule has 0 aromatic carbocycles. The van der Waals surface area contributed by atoms with E-state index < -0.39 is 0 Å². The van der Waals surface area contributed by atoms with Crippen molar-refractivity contribution in [1.82, 2.24) is 9.88 Å². The van der Waals surface area contributed by atoms with Gasteiger partial charge in [0.15, 0.2) is 0 Å².